The zero-order valence-corrected chi connectivity index (χ0v) is 18.1. The van der Waals surface area contributed by atoms with Gasteiger partial charge in [-0.15, -0.1) is 0 Å². The first kappa shape index (κ1) is 18.1. The molecule has 0 amide bonds. The molecule has 0 N–H and O–H groups in total. The van der Waals surface area contributed by atoms with Crippen molar-refractivity contribution in [2.45, 2.75) is 38.5 Å². The highest BCUT2D eigenvalue weighted by Gasteiger charge is 2.64. The quantitative estimate of drug-likeness (QED) is 0.301. The molecule has 0 heterocycles. The molecule has 12 atom stereocenters. The Kier molecular flexibility index (Phi) is 4.20. The Bertz CT molecular complexity index is 854. The summed E-state index contributed by atoms with van der Waals surface area (Å²) in [5.74, 6) is 12.3. The molecule has 9 aliphatic rings. The molecule has 30 heavy (non-hydrogen) atoms. The van der Waals surface area contributed by atoms with Gasteiger partial charge in [-0.25, -0.2) is 0 Å². The molecule has 156 valence electrons. The first-order valence-corrected chi connectivity index (χ1v) is 12.9. The zero-order valence-electron chi connectivity index (χ0n) is 18.1. The van der Waals surface area contributed by atoms with E-state index in [1.54, 1.807) is 6.42 Å². The highest BCUT2D eigenvalue weighted by molar-refractivity contribution is 5.25. The fraction of sp³-hybridized carbons (Fsp3) is 0.600. The predicted octanol–water partition coefficient (Wildman–Crippen LogP) is 7.15. The lowest BCUT2D eigenvalue weighted by Crippen LogP contribution is -2.34. The van der Waals surface area contributed by atoms with Crippen molar-refractivity contribution in [1.82, 2.24) is 0 Å². The van der Waals surface area contributed by atoms with Gasteiger partial charge in [0.1, 0.15) is 0 Å². The third-order valence-electron chi connectivity index (χ3n) is 10.5. The number of rotatable bonds is 0. The Hall–Kier alpha value is -1.56. The van der Waals surface area contributed by atoms with Crippen molar-refractivity contribution in [3.63, 3.8) is 0 Å². The maximum atomic E-state index is 2.57. The first-order valence-electron chi connectivity index (χ1n) is 12.9. The third kappa shape index (κ3) is 2.58. The Morgan fingerprint density at radius 2 is 1.07 bits per heavy atom. The summed E-state index contributed by atoms with van der Waals surface area (Å²) < 4.78 is 0. The molecule has 4 saturated carbocycles. The average Bonchev–Trinajstić information content (AvgIpc) is 3.65. The van der Waals surface area contributed by atoms with Crippen LogP contribution in [-0.4, -0.2) is 0 Å². The summed E-state index contributed by atoms with van der Waals surface area (Å²) in [6.45, 7) is 0. The molecule has 0 aromatic heterocycles. The Labute approximate surface area is 182 Å². The van der Waals surface area contributed by atoms with Crippen LogP contribution in [0.15, 0.2) is 72.9 Å². The lowest BCUT2D eigenvalue weighted by atomic mass is 9.66. The lowest BCUT2D eigenvalue weighted by Gasteiger charge is -2.38. The van der Waals surface area contributed by atoms with Gasteiger partial charge in [0, 0.05) is 0 Å². The number of hydrogen-bond acceptors (Lipinski definition) is 0. The minimum Gasteiger partial charge on any atom is -0.0879 e. The van der Waals surface area contributed by atoms with Crippen molar-refractivity contribution in [1.29, 1.82) is 0 Å². The van der Waals surface area contributed by atoms with E-state index in [4.69, 9.17) is 0 Å². The number of hydrogen-bond donors (Lipinski definition) is 0. The molecule has 9 aliphatic carbocycles. The van der Waals surface area contributed by atoms with Crippen LogP contribution >= 0.6 is 0 Å². The molecule has 0 aromatic rings. The van der Waals surface area contributed by atoms with Crippen LogP contribution < -0.4 is 0 Å². The molecule has 0 nitrogen and oxygen atoms in total. The Morgan fingerprint density at radius 1 is 0.433 bits per heavy atom. The molecule has 6 bridgehead atoms. The van der Waals surface area contributed by atoms with Crippen molar-refractivity contribution < 1.29 is 0 Å². The Morgan fingerprint density at radius 3 is 1.80 bits per heavy atom. The number of fused-ring (bicyclic) bond motifs is 17. The molecule has 0 saturated heterocycles. The van der Waals surface area contributed by atoms with Crippen LogP contribution in [-0.2, 0) is 0 Å². The van der Waals surface area contributed by atoms with E-state index in [1.165, 1.54) is 25.7 Å². The van der Waals surface area contributed by atoms with Crippen LogP contribution in [0.3, 0.4) is 0 Å². The second-order valence-electron chi connectivity index (χ2n) is 11.5. The van der Waals surface area contributed by atoms with Crippen molar-refractivity contribution in [2.75, 3.05) is 0 Å². The van der Waals surface area contributed by atoms with Gasteiger partial charge in [0.25, 0.3) is 0 Å². The van der Waals surface area contributed by atoms with Crippen molar-refractivity contribution in [3.8, 4) is 0 Å². The summed E-state index contributed by atoms with van der Waals surface area (Å²) in [5.41, 5.74) is 0. The SMILES string of the molecule is C1=CC2C(C1)C1CC2C2C3C=CC(C3)C12.C1=CC2C3C=CC(C3)C2C1.C1=CCC=C1. The molecule has 0 radical (unpaired) electrons. The van der Waals surface area contributed by atoms with E-state index in [0.717, 1.165) is 77.4 Å². The van der Waals surface area contributed by atoms with Crippen molar-refractivity contribution in [3.05, 3.63) is 72.9 Å². The summed E-state index contributed by atoms with van der Waals surface area (Å²) in [5, 5.41) is 0. The largest absolute Gasteiger partial charge is 0.0879 e. The topological polar surface area (TPSA) is 0 Å². The summed E-state index contributed by atoms with van der Waals surface area (Å²) in [6.07, 6.45) is 36.7. The Balaban J connectivity index is 0.0000000930. The standard InChI is InChI=1S/C15H18.C10H12.C5H6/c1-2-10-11(3-1)13-7-12(10)14-8-4-5-9(6-8)15(13)14;1-2-9-7-4-5-8(6-7)10(9)3-1;1-2-4-5-3-1/h1-2,4-5,8-15H,3,6-7H2;1-2,4-5,7-10H,3,6H2;1-4H,5H2. The molecule has 0 aliphatic heterocycles. The minimum atomic E-state index is 0.925. The zero-order chi connectivity index (χ0) is 19.7. The summed E-state index contributed by atoms with van der Waals surface area (Å²) in [4.78, 5) is 0. The monoisotopic (exact) mass is 396 g/mol. The second kappa shape index (κ2) is 6.98. The molecular formula is C30H36. The van der Waals surface area contributed by atoms with Gasteiger partial charge >= 0.3 is 0 Å². The summed E-state index contributed by atoms with van der Waals surface area (Å²) >= 11 is 0. The van der Waals surface area contributed by atoms with Gasteiger partial charge in [0.05, 0.1) is 0 Å². The van der Waals surface area contributed by atoms with Gasteiger partial charge in [0.2, 0.25) is 0 Å². The van der Waals surface area contributed by atoms with E-state index in [1.807, 2.05) is 0 Å². The predicted molar refractivity (Wildman–Crippen MR) is 124 cm³/mol. The van der Waals surface area contributed by atoms with Crippen LogP contribution in [0.1, 0.15) is 38.5 Å². The van der Waals surface area contributed by atoms with Gasteiger partial charge in [-0.05, 0) is 110 Å². The molecule has 0 spiro atoms. The van der Waals surface area contributed by atoms with E-state index in [2.05, 4.69) is 72.9 Å². The average molecular weight is 397 g/mol. The van der Waals surface area contributed by atoms with Crippen LogP contribution in [0.5, 0.6) is 0 Å². The fourth-order valence-corrected chi connectivity index (χ4v) is 9.59. The normalized spacial score (nSPS) is 54.4. The molecule has 9 rings (SSSR count). The van der Waals surface area contributed by atoms with E-state index in [-0.39, 0.29) is 0 Å². The molecule has 4 fully saturated rings. The number of allylic oxidation sites excluding steroid dienone is 12. The maximum absolute atomic E-state index is 2.57. The van der Waals surface area contributed by atoms with E-state index < -0.39 is 0 Å². The lowest BCUT2D eigenvalue weighted by molar-refractivity contribution is 0.121. The van der Waals surface area contributed by atoms with Gasteiger partial charge in [-0.1, -0.05) is 72.9 Å². The summed E-state index contributed by atoms with van der Waals surface area (Å²) in [7, 11) is 0. The van der Waals surface area contributed by atoms with Gasteiger partial charge in [-0.3, -0.25) is 0 Å². The second-order valence-corrected chi connectivity index (χ2v) is 11.5. The highest BCUT2D eigenvalue weighted by atomic mass is 14.7. The van der Waals surface area contributed by atoms with Gasteiger partial charge < -0.3 is 0 Å². The third-order valence-corrected chi connectivity index (χ3v) is 10.5. The van der Waals surface area contributed by atoms with Crippen LogP contribution in [0.4, 0.5) is 0 Å². The van der Waals surface area contributed by atoms with E-state index in [9.17, 15) is 0 Å². The van der Waals surface area contributed by atoms with Gasteiger partial charge in [-0.2, -0.15) is 0 Å². The van der Waals surface area contributed by atoms with E-state index in [0.29, 0.717) is 0 Å². The van der Waals surface area contributed by atoms with Crippen LogP contribution in [0.2, 0.25) is 0 Å². The van der Waals surface area contributed by atoms with E-state index >= 15 is 0 Å². The molecule has 0 aromatic carbocycles. The van der Waals surface area contributed by atoms with Crippen molar-refractivity contribution >= 4 is 0 Å². The maximum Gasteiger partial charge on any atom is -0.0133 e. The molecule has 0 heteroatoms. The van der Waals surface area contributed by atoms with Crippen LogP contribution in [0.25, 0.3) is 0 Å². The molecular weight excluding hydrogens is 360 g/mol. The molecule has 12 unspecified atom stereocenters. The highest BCUT2D eigenvalue weighted by Crippen LogP contribution is 2.70. The van der Waals surface area contributed by atoms with Gasteiger partial charge in [0.15, 0.2) is 0 Å². The van der Waals surface area contributed by atoms with Crippen LogP contribution in [0, 0.1) is 71.0 Å². The summed E-state index contributed by atoms with van der Waals surface area (Å²) in [6, 6.07) is 0. The minimum absolute atomic E-state index is 0.925. The van der Waals surface area contributed by atoms with Crippen molar-refractivity contribution in [2.24, 2.45) is 71.0 Å². The fourth-order valence-electron chi connectivity index (χ4n) is 9.59. The smallest absolute Gasteiger partial charge is 0.0133 e. The first-order chi connectivity index (χ1) is 14.9.